The Morgan fingerprint density at radius 2 is 1.74 bits per heavy atom. The van der Waals surface area contributed by atoms with Gasteiger partial charge in [-0.1, -0.05) is 76.3 Å². The Morgan fingerprint density at radius 1 is 1.02 bits per heavy atom. The van der Waals surface area contributed by atoms with Crippen LogP contribution in [0.15, 0.2) is 60.7 Å². The molecule has 1 aliphatic rings. The quantitative estimate of drug-likeness (QED) is 0.194. The largest absolute Gasteiger partial charge is 0.467 e. The minimum absolute atomic E-state index is 0.0703. The number of aromatic nitrogens is 1. The van der Waals surface area contributed by atoms with E-state index in [-0.39, 0.29) is 17.5 Å². The number of carbonyl (C=O) groups excluding carboxylic acids is 2. The van der Waals surface area contributed by atoms with Gasteiger partial charge in [-0.15, -0.1) is 11.3 Å². The van der Waals surface area contributed by atoms with Gasteiger partial charge in [0.15, 0.2) is 0 Å². The highest BCUT2D eigenvalue weighted by molar-refractivity contribution is 7.16. The topological polar surface area (TPSA) is 77.5 Å². The number of esters is 1. The summed E-state index contributed by atoms with van der Waals surface area (Å²) >= 11 is 7.45. The summed E-state index contributed by atoms with van der Waals surface area (Å²) in [5.41, 5.74) is 2.47. The van der Waals surface area contributed by atoms with Gasteiger partial charge in [0.05, 0.1) is 11.4 Å². The second kappa shape index (κ2) is 12.8. The summed E-state index contributed by atoms with van der Waals surface area (Å²) in [4.78, 5) is 31.8. The molecule has 0 aliphatic heterocycles. The molecule has 0 bridgehead atoms. The van der Waals surface area contributed by atoms with E-state index in [1.807, 2.05) is 36.4 Å². The van der Waals surface area contributed by atoms with Crippen LogP contribution in [0.3, 0.4) is 0 Å². The third kappa shape index (κ3) is 7.31. The van der Waals surface area contributed by atoms with E-state index in [0.717, 1.165) is 52.1 Å². The van der Waals surface area contributed by atoms with Gasteiger partial charge in [0.1, 0.15) is 23.2 Å². The fourth-order valence-corrected chi connectivity index (χ4v) is 6.64. The predicted molar refractivity (Wildman–Crippen MR) is 169 cm³/mol. The first-order chi connectivity index (χ1) is 20.1. The van der Waals surface area contributed by atoms with Crippen LogP contribution < -0.4 is 10.1 Å². The number of hydrogen-bond acceptors (Lipinski definition) is 6. The van der Waals surface area contributed by atoms with E-state index in [9.17, 15) is 9.59 Å². The minimum atomic E-state index is -0.853. The number of amides is 1. The molecule has 5 rings (SSSR count). The van der Waals surface area contributed by atoms with E-state index in [2.05, 4.69) is 38.2 Å². The molecular weight excluding hydrogens is 568 g/mol. The molecule has 1 saturated carbocycles. The molecular formula is C34H37ClN2O4S. The molecule has 2 aromatic carbocycles. The van der Waals surface area contributed by atoms with Crippen molar-refractivity contribution in [3.63, 3.8) is 0 Å². The Kier molecular flexibility index (Phi) is 9.19. The number of nitrogens with zero attached hydrogens (tertiary/aromatic N) is 1. The third-order valence-electron chi connectivity index (χ3n) is 7.85. The molecule has 0 saturated heterocycles. The Balaban J connectivity index is 1.43. The molecule has 1 N–H and O–H groups in total. The molecule has 2 aromatic heterocycles. The van der Waals surface area contributed by atoms with Gasteiger partial charge in [-0.25, -0.2) is 9.78 Å². The summed E-state index contributed by atoms with van der Waals surface area (Å²) in [5, 5.41) is 4.72. The zero-order valence-electron chi connectivity index (χ0n) is 24.5. The summed E-state index contributed by atoms with van der Waals surface area (Å²) < 4.78 is 11.8. The number of ether oxygens (including phenoxy) is 2. The van der Waals surface area contributed by atoms with Gasteiger partial charge in [0.2, 0.25) is 0 Å². The van der Waals surface area contributed by atoms with Crippen molar-refractivity contribution in [3.05, 3.63) is 86.8 Å². The normalized spacial score (nSPS) is 14.6. The lowest BCUT2D eigenvalue weighted by Gasteiger charge is -2.19. The number of nitrogens with one attached hydrogen (secondary N) is 1. The average Bonchev–Trinajstić information content (AvgIpc) is 3.63. The summed E-state index contributed by atoms with van der Waals surface area (Å²) in [6.07, 6.45) is 5.82. The van der Waals surface area contributed by atoms with Crippen LogP contribution in [0.1, 0.15) is 73.1 Å². The van der Waals surface area contributed by atoms with Crippen LogP contribution in [-0.2, 0) is 27.8 Å². The molecule has 1 amide bonds. The Hall–Kier alpha value is -3.42. The van der Waals surface area contributed by atoms with Crippen LogP contribution in [0.2, 0.25) is 4.34 Å². The van der Waals surface area contributed by atoms with Gasteiger partial charge in [-0.2, -0.15) is 0 Å². The van der Waals surface area contributed by atoms with E-state index < -0.39 is 17.9 Å². The van der Waals surface area contributed by atoms with Crippen LogP contribution in [0, 0.1) is 5.92 Å². The Bertz CT molecular complexity index is 1570. The van der Waals surface area contributed by atoms with E-state index in [1.165, 1.54) is 36.9 Å². The zero-order chi connectivity index (χ0) is 29.9. The first-order valence-electron chi connectivity index (χ1n) is 14.4. The summed E-state index contributed by atoms with van der Waals surface area (Å²) in [7, 11) is 1.31. The standard InChI is InChI=1S/C34H37ClN2O4S/c1-34(2,3)23-10-13-24(14-11-23)41-25-12-9-22-18-29(36-28(27(22)19-25)17-21-7-5-6-8-21)32(38)37-30(33(39)40-4)20-26-15-16-31(35)42-26/h9-16,18-19,21,30H,5-8,17,20H2,1-4H3,(H,37,38). The SMILES string of the molecule is COC(=O)C(Cc1ccc(Cl)s1)NC(=O)c1cc2ccc(Oc3ccc(C(C)(C)C)cc3)cc2c(CC2CCCC2)n1. The maximum Gasteiger partial charge on any atom is 0.328 e. The molecule has 2 heterocycles. The monoisotopic (exact) mass is 604 g/mol. The lowest BCUT2D eigenvalue weighted by molar-refractivity contribution is -0.142. The number of hydrogen-bond donors (Lipinski definition) is 1. The fourth-order valence-electron chi connectivity index (χ4n) is 5.51. The Labute approximate surface area is 256 Å². The third-order valence-corrected chi connectivity index (χ3v) is 9.11. The lowest BCUT2D eigenvalue weighted by atomic mass is 9.87. The molecule has 42 heavy (non-hydrogen) atoms. The number of rotatable bonds is 9. The van der Waals surface area contributed by atoms with Crippen LogP contribution in [-0.4, -0.2) is 30.0 Å². The zero-order valence-corrected chi connectivity index (χ0v) is 26.1. The van der Waals surface area contributed by atoms with Gasteiger partial charge in [0.25, 0.3) is 5.91 Å². The molecule has 8 heteroatoms. The van der Waals surface area contributed by atoms with Gasteiger partial charge < -0.3 is 14.8 Å². The second-order valence-corrected chi connectivity index (χ2v) is 13.8. The molecule has 1 fully saturated rings. The highest BCUT2D eigenvalue weighted by atomic mass is 35.5. The molecule has 4 aromatic rings. The Morgan fingerprint density at radius 3 is 2.38 bits per heavy atom. The van der Waals surface area contributed by atoms with Crippen molar-refractivity contribution in [1.29, 1.82) is 0 Å². The fraction of sp³-hybridized carbons (Fsp3) is 0.382. The van der Waals surface area contributed by atoms with Crippen molar-refractivity contribution in [3.8, 4) is 11.5 Å². The average molecular weight is 605 g/mol. The van der Waals surface area contributed by atoms with Gasteiger partial charge in [0, 0.05) is 22.4 Å². The maximum atomic E-state index is 13.5. The van der Waals surface area contributed by atoms with Gasteiger partial charge >= 0.3 is 5.97 Å². The smallest absolute Gasteiger partial charge is 0.328 e. The predicted octanol–water partition coefficient (Wildman–Crippen LogP) is 8.29. The lowest BCUT2D eigenvalue weighted by Crippen LogP contribution is -2.43. The maximum absolute atomic E-state index is 13.5. The van der Waals surface area contributed by atoms with Gasteiger partial charge in [-0.05, 0) is 71.2 Å². The number of carbonyl (C=O) groups is 2. The minimum Gasteiger partial charge on any atom is -0.467 e. The first kappa shape index (κ1) is 30.1. The molecule has 1 unspecified atom stereocenters. The molecule has 0 radical (unpaired) electrons. The summed E-state index contributed by atoms with van der Waals surface area (Å²) in [6.45, 7) is 6.57. The first-order valence-corrected chi connectivity index (χ1v) is 15.6. The molecule has 1 aliphatic carbocycles. The van der Waals surface area contributed by atoms with E-state index in [4.69, 9.17) is 26.1 Å². The number of benzene rings is 2. The number of pyridine rings is 1. The second-order valence-electron chi connectivity index (χ2n) is 12.0. The van der Waals surface area contributed by atoms with Crippen molar-refractivity contribution in [1.82, 2.24) is 10.3 Å². The van der Waals surface area contributed by atoms with E-state index in [1.54, 1.807) is 12.1 Å². The van der Waals surface area contributed by atoms with E-state index >= 15 is 0 Å². The molecule has 6 nitrogen and oxygen atoms in total. The number of methoxy groups -OCH3 is 1. The molecule has 1 atom stereocenters. The van der Waals surface area contributed by atoms with Crippen molar-refractivity contribution >= 4 is 45.6 Å². The van der Waals surface area contributed by atoms with Crippen molar-refractivity contribution < 1.29 is 19.1 Å². The van der Waals surface area contributed by atoms with Crippen LogP contribution in [0.5, 0.6) is 11.5 Å². The number of thiophene rings is 1. The van der Waals surface area contributed by atoms with Crippen LogP contribution >= 0.6 is 22.9 Å². The van der Waals surface area contributed by atoms with Crippen molar-refractivity contribution in [2.75, 3.05) is 7.11 Å². The van der Waals surface area contributed by atoms with Gasteiger partial charge in [-0.3, -0.25) is 4.79 Å². The molecule has 220 valence electrons. The summed E-state index contributed by atoms with van der Waals surface area (Å²) in [5.74, 6) is 1.08. The van der Waals surface area contributed by atoms with Crippen LogP contribution in [0.4, 0.5) is 0 Å². The number of fused-ring (bicyclic) bond motifs is 1. The number of halogens is 1. The van der Waals surface area contributed by atoms with E-state index in [0.29, 0.717) is 10.3 Å². The summed E-state index contributed by atoms with van der Waals surface area (Å²) in [6, 6.07) is 18.6. The van der Waals surface area contributed by atoms with Crippen molar-refractivity contribution in [2.24, 2.45) is 5.92 Å². The van der Waals surface area contributed by atoms with Crippen molar-refractivity contribution in [2.45, 2.75) is 70.8 Å². The highest BCUT2D eigenvalue weighted by Crippen LogP contribution is 2.33. The highest BCUT2D eigenvalue weighted by Gasteiger charge is 2.25. The molecule has 0 spiro atoms. The van der Waals surface area contributed by atoms with Crippen LogP contribution in [0.25, 0.3) is 10.8 Å².